The monoisotopic (exact) mass is 280 g/mol. The summed E-state index contributed by atoms with van der Waals surface area (Å²) in [5.74, 6) is 0.652. The highest BCUT2D eigenvalue weighted by atomic mass is 19.4. The number of rotatable bonds is 7. The van der Waals surface area contributed by atoms with Crippen molar-refractivity contribution in [2.24, 2.45) is 5.92 Å². The summed E-state index contributed by atoms with van der Waals surface area (Å²) in [6, 6.07) is 0.245. The molecule has 0 radical (unpaired) electrons. The first-order valence-electron chi connectivity index (χ1n) is 7.44. The van der Waals surface area contributed by atoms with Crippen molar-refractivity contribution in [3.8, 4) is 0 Å². The first kappa shape index (κ1) is 16.8. The molecule has 1 saturated heterocycles. The van der Waals surface area contributed by atoms with Gasteiger partial charge in [-0.3, -0.25) is 0 Å². The molecule has 0 aromatic rings. The van der Waals surface area contributed by atoms with Crippen molar-refractivity contribution in [1.29, 1.82) is 0 Å². The Balaban J connectivity index is 2.27. The van der Waals surface area contributed by atoms with Gasteiger partial charge in [0, 0.05) is 19.0 Å². The van der Waals surface area contributed by atoms with Crippen molar-refractivity contribution >= 4 is 0 Å². The molecule has 19 heavy (non-hydrogen) atoms. The van der Waals surface area contributed by atoms with Crippen LogP contribution >= 0.6 is 0 Å². The second kappa shape index (κ2) is 8.10. The Kier molecular flexibility index (Phi) is 7.15. The highest BCUT2D eigenvalue weighted by Gasteiger charge is 2.27. The van der Waals surface area contributed by atoms with Gasteiger partial charge in [0.2, 0.25) is 0 Å². The Morgan fingerprint density at radius 2 is 2.11 bits per heavy atom. The topological polar surface area (TPSA) is 15.3 Å². The molecule has 0 spiro atoms. The minimum Gasteiger partial charge on any atom is -0.316 e. The predicted molar refractivity (Wildman–Crippen MR) is 72.2 cm³/mol. The Morgan fingerprint density at radius 1 is 1.37 bits per heavy atom. The molecule has 1 heterocycles. The number of piperidine rings is 1. The fourth-order valence-electron chi connectivity index (χ4n) is 2.81. The summed E-state index contributed by atoms with van der Waals surface area (Å²) in [6.45, 7) is 8.22. The lowest BCUT2D eigenvalue weighted by atomic mass is 9.98. The van der Waals surface area contributed by atoms with E-state index < -0.39 is 12.6 Å². The van der Waals surface area contributed by atoms with Crippen LogP contribution < -0.4 is 5.32 Å². The zero-order valence-corrected chi connectivity index (χ0v) is 12.1. The van der Waals surface area contributed by atoms with Crippen LogP contribution in [0.2, 0.25) is 0 Å². The van der Waals surface area contributed by atoms with E-state index in [1.54, 1.807) is 0 Å². The van der Waals surface area contributed by atoms with Gasteiger partial charge in [0.05, 0.1) is 0 Å². The summed E-state index contributed by atoms with van der Waals surface area (Å²) >= 11 is 0. The van der Waals surface area contributed by atoms with Gasteiger partial charge in [-0.2, -0.15) is 13.2 Å². The van der Waals surface area contributed by atoms with E-state index in [0.717, 1.165) is 26.2 Å². The molecule has 2 atom stereocenters. The van der Waals surface area contributed by atoms with Crippen molar-refractivity contribution in [3.05, 3.63) is 0 Å². The first-order valence-corrected chi connectivity index (χ1v) is 7.44. The van der Waals surface area contributed by atoms with Crippen LogP contribution in [0, 0.1) is 5.92 Å². The molecule has 1 aliphatic rings. The van der Waals surface area contributed by atoms with Gasteiger partial charge in [-0.1, -0.05) is 6.92 Å². The highest BCUT2D eigenvalue weighted by Crippen LogP contribution is 2.24. The highest BCUT2D eigenvalue weighted by molar-refractivity contribution is 4.75. The second-order valence-corrected chi connectivity index (χ2v) is 5.66. The molecule has 2 nitrogen and oxygen atoms in total. The van der Waals surface area contributed by atoms with Gasteiger partial charge < -0.3 is 10.2 Å². The van der Waals surface area contributed by atoms with Crippen LogP contribution in [-0.4, -0.2) is 43.3 Å². The zero-order valence-electron chi connectivity index (χ0n) is 12.1. The van der Waals surface area contributed by atoms with Crippen LogP contribution in [0.3, 0.4) is 0 Å². The fourth-order valence-corrected chi connectivity index (χ4v) is 2.81. The molecule has 1 fully saturated rings. The Hall–Kier alpha value is -0.290. The molecule has 0 saturated carbocycles. The number of hydrogen-bond donors (Lipinski definition) is 1. The minimum atomic E-state index is -4.01. The SMILES string of the molecule is CCN(CC1CCCNC1)C(C)CCCC(F)(F)F. The third kappa shape index (κ3) is 7.16. The Morgan fingerprint density at radius 3 is 2.63 bits per heavy atom. The van der Waals surface area contributed by atoms with Crippen molar-refractivity contribution in [1.82, 2.24) is 10.2 Å². The summed E-state index contributed by atoms with van der Waals surface area (Å²) < 4.78 is 36.4. The van der Waals surface area contributed by atoms with E-state index in [0.29, 0.717) is 12.3 Å². The molecule has 0 amide bonds. The fraction of sp³-hybridized carbons (Fsp3) is 1.00. The van der Waals surface area contributed by atoms with Gasteiger partial charge in [-0.05, 0) is 58.2 Å². The van der Waals surface area contributed by atoms with E-state index in [-0.39, 0.29) is 12.5 Å². The van der Waals surface area contributed by atoms with E-state index in [4.69, 9.17) is 0 Å². The summed E-state index contributed by atoms with van der Waals surface area (Å²) in [5.41, 5.74) is 0. The third-order valence-corrected chi connectivity index (χ3v) is 4.00. The standard InChI is InChI=1S/C14H27F3N2/c1-3-19(11-13-7-5-9-18-10-13)12(2)6-4-8-14(15,16)17/h12-13,18H,3-11H2,1-2H3. The van der Waals surface area contributed by atoms with E-state index in [1.165, 1.54) is 12.8 Å². The predicted octanol–water partition coefficient (Wildman–Crippen LogP) is 3.43. The first-order chi connectivity index (χ1) is 8.92. The molecule has 0 bridgehead atoms. The molecule has 114 valence electrons. The Bertz CT molecular complexity index is 237. The molecule has 2 unspecified atom stereocenters. The third-order valence-electron chi connectivity index (χ3n) is 4.00. The summed E-state index contributed by atoms with van der Waals surface area (Å²) in [4.78, 5) is 2.33. The molecule has 0 aliphatic carbocycles. The molecule has 1 rings (SSSR count). The number of alkyl halides is 3. The second-order valence-electron chi connectivity index (χ2n) is 5.66. The van der Waals surface area contributed by atoms with Gasteiger partial charge in [-0.25, -0.2) is 0 Å². The van der Waals surface area contributed by atoms with Crippen LogP contribution in [0.4, 0.5) is 13.2 Å². The van der Waals surface area contributed by atoms with Gasteiger partial charge in [0.1, 0.15) is 0 Å². The molecule has 0 aromatic heterocycles. The lowest BCUT2D eigenvalue weighted by molar-refractivity contribution is -0.136. The number of nitrogens with zero attached hydrogens (tertiary/aromatic N) is 1. The van der Waals surface area contributed by atoms with Gasteiger partial charge in [-0.15, -0.1) is 0 Å². The zero-order chi connectivity index (χ0) is 14.3. The van der Waals surface area contributed by atoms with Crippen LogP contribution in [0.15, 0.2) is 0 Å². The van der Waals surface area contributed by atoms with Gasteiger partial charge in [0.15, 0.2) is 0 Å². The molecular formula is C14H27F3N2. The largest absolute Gasteiger partial charge is 0.389 e. The normalized spacial score (nSPS) is 22.7. The molecule has 0 aromatic carbocycles. The molecule has 1 N–H and O–H groups in total. The van der Waals surface area contributed by atoms with E-state index in [1.807, 2.05) is 0 Å². The maximum atomic E-state index is 12.1. The number of nitrogens with one attached hydrogen (secondary N) is 1. The van der Waals surface area contributed by atoms with Crippen LogP contribution in [0.1, 0.15) is 46.0 Å². The quantitative estimate of drug-likeness (QED) is 0.768. The van der Waals surface area contributed by atoms with E-state index in [2.05, 4.69) is 24.1 Å². The average Bonchev–Trinajstić information content (AvgIpc) is 2.35. The molecular weight excluding hydrogens is 253 g/mol. The number of hydrogen-bond acceptors (Lipinski definition) is 2. The smallest absolute Gasteiger partial charge is 0.316 e. The van der Waals surface area contributed by atoms with Crippen LogP contribution in [0.25, 0.3) is 0 Å². The van der Waals surface area contributed by atoms with Gasteiger partial charge >= 0.3 is 6.18 Å². The average molecular weight is 280 g/mol. The molecule has 1 aliphatic heterocycles. The van der Waals surface area contributed by atoms with Crippen LogP contribution in [0.5, 0.6) is 0 Å². The lowest BCUT2D eigenvalue weighted by Crippen LogP contribution is -2.42. The van der Waals surface area contributed by atoms with Crippen molar-refractivity contribution in [3.63, 3.8) is 0 Å². The minimum absolute atomic E-state index is 0.240. The van der Waals surface area contributed by atoms with E-state index in [9.17, 15) is 13.2 Å². The van der Waals surface area contributed by atoms with Crippen molar-refractivity contribution in [2.75, 3.05) is 26.2 Å². The summed E-state index contributed by atoms with van der Waals surface area (Å²) in [6.07, 6.45) is -1.34. The maximum absolute atomic E-state index is 12.1. The van der Waals surface area contributed by atoms with Gasteiger partial charge in [0.25, 0.3) is 0 Å². The maximum Gasteiger partial charge on any atom is 0.389 e. The van der Waals surface area contributed by atoms with E-state index >= 15 is 0 Å². The number of halogens is 3. The van der Waals surface area contributed by atoms with Crippen molar-refractivity contribution in [2.45, 2.75) is 58.2 Å². The lowest BCUT2D eigenvalue weighted by Gasteiger charge is -2.33. The summed E-state index contributed by atoms with van der Waals surface area (Å²) in [7, 11) is 0. The summed E-state index contributed by atoms with van der Waals surface area (Å²) in [5, 5.41) is 3.39. The van der Waals surface area contributed by atoms with Crippen LogP contribution in [-0.2, 0) is 0 Å². The molecule has 5 heteroatoms. The van der Waals surface area contributed by atoms with Crippen molar-refractivity contribution < 1.29 is 13.2 Å². The Labute approximate surface area is 114 Å².